The fraction of sp³-hybridized carbons (Fsp3) is 0.278. The summed E-state index contributed by atoms with van der Waals surface area (Å²) in [7, 11) is 1.32. The molecule has 0 bridgehead atoms. The number of nitrogens with one attached hydrogen (secondary N) is 2. The monoisotopic (exact) mass is 327 g/mol. The van der Waals surface area contributed by atoms with Gasteiger partial charge < -0.3 is 15.4 Å². The highest BCUT2D eigenvalue weighted by molar-refractivity contribution is 6.05. The predicted octanol–water partition coefficient (Wildman–Crippen LogP) is 3.33. The van der Waals surface area contributed by atoms with Crippen LogP contribution in [0, 0.1) is 0 Å². The van der Waals surface area contributed by atoms with Gasteiger partial charge in [0.2, 0.25) is 0 Å². The minimum atomic E-state index is -0.449. The number of hydrogen-bond acceptors (Lipinski definition) is 5. The average molecular weight is 327 g/mol. The van der Waals surface area contributed by atoms with Gasteiger partial charge in [-0.3, -0.25) is 9.78 Å². The second-order valence-electron chi connectivity index (χ2n) is 5.27. The molecule has 0 aliphatic rings. The molecule has 6 nitrogen and oxygen atoms in total. The molecule has 0 unspecified atom stereocenters. The van der Waals surface area contributed by atoms with Crippen molar-refractivity contribution in [1.29, 1.82) is 0 Å². The maximum atomic E-state index is 12.4. The molecule has 6 heteroatoms. The number of esters is 1. The van der Waals surface area contributed by atoms with E-state index < -0.39 is 5.97 Å². The summed E-state index contributed by atoms with van der Waals surface area (Å²) in [4.78, 5) is 28.0. The van der Waals surface area contributed by atoms with Crippen molar-refractivity contribution in [1.82, 2.24) is 4.98 Å². The number of amides is 1. The van der Waals surface area contributed by atoms with Gasteiger partial charge in [-0.2, -0.15) is 0 Å². The van der Waals surface area contributed by atoms with E-state index in [1.54, 1.807) is 36.5 Å². The quantitative estimate of drug-likeness (QED) is 0.602. The van der Waals surface area contributed by atoms with Crippen LogP contribution in [0.2, 0.25) is 0 Å². The smallest absolute Gasteiger partial charge is 0.337 e. The molecule has 0 aliphatic carbocycles. The van der Waals surface area contributed by atoms with Gasteiger partial charge in [0.15, 0.2) is 0 Å². The van der Waals surface area contributed by atoms with E-state index in [4.69, 9.17) is 0 Å². The maximum absolute atomic E-state index is 12.4. The van der Waals surface area contributed by atoms with E-state index in [-0.39, 0.29) is 5.91 Å². The molecular weight excluding hydrogens is 306 g/mol. The number of carbonyl (C=O) groups excluding carboxylic acids is 2. The molecule has 0 aliphatic heterocycles. The zero-order chi connectivity index (χ0) is 17.4. The lowest BCUT2D eigenvalue weighted by molar-refractivity contribution is 0.0600. The molecule has 24 heavy (non-hydrogen) atoms. The number of ether oxygens (including phenoxy) is 1. The van der Waals surface area contributed by atoms with Crippen molar-refractivity contribution in [3.63, 3.8) is 0 Å². The maximum Gasteiger partial charge on any atom is 0.337 e. The lowest BCUT2D eigenvalue weighted by atomic mass is 10.2. The van der Waals surface area contributed by atoms with E-state index in [1.165, 1.54) is 13.3 Å². The van der Waals surface area contributed by atoms with Crippen LogP contribution in [0.3, 0.4) is 0 Å². The molecule has 0 saturated carbocycles. The largest absolute Gasteiger partial charge is 0.465 e. The third-order valence-corrected chi connectivity index (χ3v) is 3.40. The lowest BCUT2D eigenvalue weighted by Crippen LogP contribution is -2.13. The van der Waals surface area contributed by atoms with E-state index >= 15 is 0 Å². The molecule has 1 amide bonds. The van der Waals surface area contributed by atoms with Crippen molar-refractivity contribution in [3.8, 4) is 0 Å². The number of unbranched alkanes of at least 4 members (excludes halogenated alkanes) is 1. The summed E-state index contributed by atoms with van der Waals surface area (Å²) in [5.74, 6) is -0.737. The standard InChI is InChI=1S/C18H21N3O3/c1-3-4-8-20-16-10-14(11-19-12-16)17(22)21-15-7-5-6-13(9-15)18(23)24-2/h5-7,9-12,20H,3-4,8H2,1-2H3,(H,21,22). The number of hydrogen-bond donors (Lipinski definition) is 2. The number of benzene rings is 1. The van der Waals surface area contributed by atoms with Crippen molar-refractivity contribution in [3.05, 3.63) is 53.9 Å². The summed E-state index contributed by atoms with van der Waals surface area (Å²) in [6.07, 6.45) is 5.34. The van der Waals surface area contributed by atoms with Crippen LogP contribution >= 0.6 is 0 Å². The topological polar surface area (TPSA) is 80.3 Å². The van der Waals surface area contributed by atoms with Crippen LogP contribution in [-0.2, 0) is 4.74 Å². The summed E-state index contributed by atoms with van der Waals surface area (Å²) in [5.41, 5.74) is 2.15. The van der Waals surface area contributed by atoms with Gasteiger partial charge in [0.1, 0.15) is 0 Å². The molecule has 2 aromatic rings. The Morgan fingerprint density at radius 2 is 1.92 bits per heavy atom. The van der Waals surface area contributed by atoms with Gasteiger partial charge in [0, 0.05) is 24.6 Å². The van der Waals surface area contributed by atoms with Gasteiger partial charge in [-0.25, -0.2) is 4.79 Å². The van der Waals surface area contributed by atoms with Crippen LogP contribution < -0.4 is 10.6 Å². The van der Waals surface area contributed by atoms with Gasteiger partial charge in [-0.05, 0) is 30.7 Å². The number of aromatic nitrogens is 1. The van der Waals surface area contributed by atoms with E-state index in [9.17, 15) is 9.59 Å². The Balaban J connectivity index is 2.07. The summed E-state index contributed by atoms with van der Waals surface area (Å²) >= 11 is 0. The molecule has 0 radical (unpaired) electrons. The SMILES string of the molecule is CCCCNc1cncc(C(=O)Nc2cccc(C(=O)OC)c2)c1. The zero-order valence-electron chi connectivity index (χ0n) is 13.8. The molecule has 1 heterocycles. The van der Waals surface area contributed by atoms with E-state index in [0.717, 1.165) is 25.1 Å². The number of anilines is 2. The Bertz CT molecular complexity index is 716. The number of methoxy groups -OCH3 is 1. The van der Waals surface area contributed by atoms with Gasteiger partial charge in [0.05, 0.1) is 23.9 Å². The number of nitrogens with zero attached hydrogens (tertiary/aromatic N) is 1. The summed E-state index contributed by atoms with van der Waals surface area (Å²) in [5, 5.41) is 5.99. The lowest BCUT2D eigenvalue weighted by Gasteiger charge is -2.09. The zero-order valence-corrected chi connectivity index (χ0v) is 13.8. The average Bonchev–Trinajstić information content (AvgIpc) is 2.61. The highest BCUT2D eigenvalue weighted by atomic mass is 16.5. The van der Waals surface area contributed by atoms with Gasteiger partial charge >= 0.3 is 5.97 Å². The van der Waals surface area contributed by atoms with Crippen LogP contribution in [-0.4, -0.2) is 30.5 Å². The van der Waals surface area contributed by atoms with E-state index in [1.807, 2.05) is 0 Å². The Labute approximate surface area is 141 Å². The molecule has 2 rings (SSSR count). The van der Waals surface area contributed by atoms with Crippen LogP contribution in [0.15, 0.2) is 42.7 Å². The second-order valence-corrected chi connectivity index (χ2v) is 5.27. The highest BCUT2D eigenvalue weighted by Crippen LogP contribution is 2.14. The molecule has 0 fully saturated rings. The normalized spacial score (nSPS) is 10.1. The van der Waals surface area contributed by atoms with Crippen LogP contribution in [0.5, 0.6) is 0 Å². The minimum Gasteiger partial charge on any atom is -0.465 e. The second kappa shape index (κ2) is 8.67. The summed E-state index contributed by atoms with van der Waals surface area (Å²) in [6.45, 7) is 2.96. The molecule has 1 aromatic carbocycles. The Kier molecular flexibility index (Phi) is 6.31. The fourth-order valence-electron chi connectivity index (χ4n) is 2.12. The van der Waals surface area contributed by atoms with Gasteiger partial charge in [0.25, 0.3) is 5.91 Å². The number of carbonyl (C=O) groups is 2. The molecular formula is C18H21N3O3. The molecule has 0 atom stereocenters. The van der Waals surface area contributed by atoms with E-state index in [2.05, 4.69) is 27.3 Å². The van der Waals surface area contributed by atoms with Gasteiger partial charge in [-0.15, -0.1) is 0 Å². The third kappa shape index (κ3) is 4.81. The Morgan fingerprint density at radius 3 is 2.67 bits per heavy atom. The Morgan fingerprint density at radius 1 is 1.12 bits per heavy atom. The van der Waals surface area contributed by atoms with Crippen LogP contribution in [0.25, 0.3) is 0 Å². The molecule has 1 aromatic heterocycles. The van der Waals surface area contributed by atoms with Crippen molar-refractivity contribution in [2.75, 3.05) is 24.3 Å². The fourth-order valence-corrected chi connectivity index (χ4v) is 2.12. The van der Waals surface area contributed by atoms with Crippen LogP contribution in [0.1, 0.15) is 40.5 Å². The van der Waals surface area contributed by atoms with Crippen molar-refractivity contribution in [2.45, 2.75) is 19.8 Å². The Hall–Kier alpha value is -2.89. The first-order valence-corrected chi connectivity index (χ1v) is 7.82. The summed E-state index contributed by atoms with van der Waals surface area (Å²) < 4.78 is 4.67. The van der Waals surface area contributed by atoms with E-state index in [0.29, 0.717) is 16.8 Å². The molecule has 0 saturated heterocycles. The summed E-state index contributed by atoms with van der Waals surface area (Å²) in [6, 6.07) is 8.34. The highest BCUT2D eigenvalue weighted by Gasteiger charge is 2.10. The van der Waals surface area contributed by atoms with Crippen molar-refractivity contribution < 1.29 is 14.3 Å². The first-order valence-electron chi connectivity index (χ1n) is 7.82. The first-order chi connectivity index (χ1) is 11.6. The first kappa shape index (κ1) is 17.5. The van der Waals surface area contributed by atoms with Crippen molar-refractivity contribution >= 4 is 23.3 Å². The predicted molar refractivity (Wildman–Crippen MR) is 93.4 cm³/mol. The van der Waals surface area contributed by atoms with Crippen molar-refractivity contribution in [2.24, 2.45) is 0 Å². The molecule has 0 spiro atoms. The number of rotatable bonds is 7. The minimum absolute atomic E-state index is 0.288. The van der Waals surface area contributed by atoms with Gasteiger partial charge in [-0.1, -0.05) is 19.4 Å². The number of pyridine rings is 1. The third-order valence-electron chi connectivity index (χ3n) is 3.40. The molecule has 126 valence electrons. The van der Waals surface area contributed by atoms with Crippen LogP contribution in [0.4, 0.5) is 11.4 Å². The molecule has 2 N–H and O–H groups in total.